The molecule has 158 valence electrons. The predicted octanol–water partition coefficient (Wildman–Crippen LogP) is 3.06. The highest BCUT2D eigenvalue weighted by atomic mass is 32.1. The standard InChI is InChI=1S/C21H19N5O3S2/c27-16(22-14-5-2-1-3-6-14)13-26-20(28)18-19(17(24-26)15-7-4-12-30-15)31-21(23-18)25-8-10-29-11-9-25/h1-7,12H,8-11,13H2,(H,22,27). The molecule has 0 bridgehead atoms. The summed E-state index contributed by atoms with van der Waals surface area (Å²) < 4.78 is 7.38. The third-order valence-corrected chi connectivity index (χ3v) is 6.88. The molecule has 1 aromatic carbocycles. The summed E-state index contributed by atoms with van der Waals surface area (Å²) >= 11 is 3.00. The molecule has 0 atom stereocenters. The van der Waals surface area contributed by atoms with Crippen LogP contribution in [-0.2, 0) is 16.1 Å². The van der Waals surface area contributed by atoms with Gasteiger partial charge in [-0.25, -0.2) is 9.67 Å². The van der Waals surface area contributed by atoms with Gasteiger partial charge >= 0.3 is 0 Å². The van der Waals surface area contributed by atoms with Gasteiger partial charge in [-0.05, 0) is 23.6 Å². The second kappa shape index (κ2) is 8.58. The van der Waals surface area contributed by atoms with Crippen LogP contribution in [-0.4, -0.2) is 47.0 Å². The van der Waals surface area contributed by atoms with Crippen LogP contribution in [0.5, 0.6) is 0 Å². The van der Waals surface area contributed by atoms with Gasteiger partial charge in [0, 0.05) is 18.8 Å². The lowest BCUT2D eigenvalue weighted by molar-refractivity contribution is -0.117. The van der Waals surface area contributed by atoms with Crippen molar-refractivity contribution in [2.45, 2.75) is 6.54 Å². The molecule has 0 radical (unpaired) electrons. The van der Waals surface area contributed by atoms with Gasteiger partial charge in [0.15, 0.2) is 10.6 Å². The Morgan fingerprint density at radius 1 is 1.13 bits per heavy atom. The van der Waals surface area contributed by atoms with Crippen LogP contribution in [0.15, 0.2) is 52.6 Å². The number of morpholine rings is 1. The largest absolute Gasteiger partial charge is 0.378 e. The number of hydrogen-bond acceptors (Lipinski definition) is 8. The van der Waals surface area contributed by atoms with E-state index in [1.54, 1.807) is 12.1 Å². The molecule has 8 nitrogen and oxygen atoms in total. The Kier molecular flexibility index (Phi) is 5.49. The van der Waals surface area contributed by atoms with E-state index in [1.807, 2.05) is 35.7 Å². The Labute approximate surface area is 185 Å². The number of para-hydroxylation sites is 1. The van der Waals surface area contributed by atoms with Crippen molar-refractivity contribution in [1.82, 2.24) is 14.8 Å². The molecule has 31 heavy (non-hydrogen) atoms. The first-order valence-electron chi connectivity index (χ1n) is 9.82. The third-order valence-electron chi connectivity index (χ3n) is 4.88. The monoisotopic (exact) mass is 453 g/mol. The number of amides is 1. The highest BCUT2D eigenvalue weighted by Gasteiger charge is 2.22. The van der Waals surface area contributed by atoms with Crippen molar-refractivity contribution in [3.8, 4) is 10.6 Å². The molecule has 1 N–H and O–H groups in total. The maximum atomic E-state index is 13.2. The number of anilines is 2. The van der Waals surface area contributed by atoms with Crippen LogP contribution >= 0.6 is 22.7 Å². The number of ether oxygens (including phenoxy) is 1. The van der Waals surface area contributed by atoms with E-state index in [0.717, 1.165) is 27.8 Å². The molecule has 5 rings (SSSR count). The number of thiophene rings is 1. The van der Waals surface area contributed by atoms with Gasteiger partial charge in [0.25, 0.3) is 5.56 Å². The van der Waals surface area contributed by atoms with E-state index in [1.165, 1.54) is 27.4 Å². The molecular weight excluding hydrogens is 434 g/mol. The summed E-state index contributed by atoms with van der Waals surface area (Å²) in [6, 6.07) is 13.0. The summed E-state index contributed by atoms with van der Waals surface area (Å²) in [7, 11) is 0. The highest BCUT2D eigenvalue weighted by Crippen LogP contribution is 2.35. The lowest BCUT2D eigenvalue weighted by Crippen LogP contribution is -2.36. The van der Waals surface area contributed by atoms with Crippen molar-refractivity contribution in [3.05, 3.63) is 58.2 Å². The normalized spacial score (nSPS) is 14.1. The van der Waals surface area contributed by atoms with Gasteiger partial charge in [-0.1, -0.05) is 35.6 Å². The smallest absolute Gasteiger partial charge is 0.294 e. The summed E-state index contributed by atoms with van der Waals surface area (Å²) in [5.41, 5.74) is 1.32. The Bertz CT molecular complexity index is 1260. The van der Waals surface area contributed by atoms with E-state index in [9.17, 15) is 9.59 Å². The van der Waals surface area contributed by atoms with Gasteiger partial charge in [-0.15, -0.1) is 11.3 Å². The van der Waals surface area contributed by atoms with E-state index in [4.69, 9.17) is 4.74 Å². The van der Waals surface area contributed by atoms with Gasteiger partial charge < -0.3 is 15.0 Å². The van der Waals surface area contributed by atoms with Crippen LogP contribution in [0.3, 0.4) is 0 Å². The van der Waals surface area contributed by atoms with Crippen LogP contribution < -0.4 is 15.8 Å². The number of aromatic nitrogens is 3. The molecule has 0 spiro atoms. The number of carbonyl (C=O) groups is 1. The number of nitrogens with one attached hydrogen (secondary N) is 1. The number of fused-ring (bicyclic) bond motifs is 1. The zero-order chi connectivity index (χ0) is 21.2. The quantitative estimate of drug-likeness (QED) is 0.500. The second-order valence-electron chi connectivity index (χ2n) is 6.98. The molecular formula is C21H19N5O3S2. The lowest BCUT2D eigenvalue weighted by Gasteiger charge is -2.25. The third kappa shape index (κ3) is 4.09. The fourth-order valence-corrected chi connectivity index (χ4v) is 5.27. The Morgan fingerprint density at radius 2 is 1.94 bits per heavy atom. The van der Waals surface area contributed by atoms with Crippen molar-refractivity contribution in [1.29, 1.82) is 0 Å². The SMILES string of the molecule is O=C(Cn1nc(-c2cccs2)c2sc(N3CCOCC3)nc2c1=O)Nc1ccccc1. The summed E-state index contributed by atoms with van der Waals surface area (Å²) in [4.78, 5) is 33.4. The fraction of sp³-hybridized carbons (Fsp3) is 0.238. The van der Waals surface area contributed by atoms with E-state index >= 15 is 0 Å². The molecule has 1 saturated heterocycles. The molecule has 1 aliphatic rings. The van der Waals surface area contributed by atoms with Crippen molar-refractivity contribution < 1.29 is 9.53 Å². The summed E-state index contributed by atoms with van der Waals surface area (Å²) in [5, 5.41) is 10.1. The predicted molar refractivity (Wildman–Crippen MR) is 123 cm³/mol. The maximum Gasteiger partial charge on any atom is 0.294 e. The molecule has 1 fully saturated rings. The maximum absolute atomic E-state index is 13.2. The van der Waals surface area contributed by atoms with Crippen molar-refractivity contribution >= 4 is 49.6 Å². The number of hydrogen-bond donors (Lipinski definition) is 1. The first-order chi connectivity index (χ1) is 15.2. The van der Waals surface area contributed by atoms with E-state index in [2.05, 4.69) is 20.3 Å². The molecule has 0 saturated carbocycles. The average Bonchev–Trinajstić information content (AvgIpc) is 3.48. The van der Waals surface area contributed by atoms with Gasteiger partial charge in [0.2, 0.25) is 5.91 Å². The fourth-order valence-electron chi connectivity index (χ4n) is 3.38. The van der Waals surface area contributed by atoms with Crippen molar-refractivity contribution in [2.24, 2.45) is 0 Å². The van der Waals surface area contributed by atoms with Crippen LogP contribution in [0.1, 0.15) is 0 Å². The van der Waals surface area contributed by atoms with Crippen molar-refractivity contribution in [3.63, 3.8) is 0 Å². The minimum atomic E-state index is -0.366. The van der Waals surface area contributed by atoms with Crippen LogP contribution in [0.2, 0.25) is 0 Å². The molecule has 1 aliphatic heterocycles. The van der Waals surface area contributed by atoms with E-state index in [0.29, 0.717) is 30.1 Å². The highest BCUT2D eigenvalue weighted by molar-refractivity contribution is 7.23. The van der Waals surface area contributed by atoms with Gasteiger partial charge in [0.05, 0.1) is 22.8 Å². The second-order valence-corrected chi connectivity index (χ2v) is 8.90. The number of rotatable bonds is 5. The first kappa shape index (κ1) is 19.9. The zero-order valence-corrected chi connectivity index (χ0v) is 18.1. The van der Waals surface area contributed by atoms with Crippen molar-refractivity contribution in [2.75, 3.05) is 36.5 Å². The van der Waals surface area contributed by atoms with Gasteiger partial charge in [-0.3, -0.25) is 9.59 Å². The van der Waals surface area contributed by atoms with Gasteiger partial charge in [-0.2, -0.15) is 5.10 Å². The van der Waals surface area contributed by atoms with Crippen LogP contribution in [0, 0.1) is 0 Å². The summed E-state index contributed by atoms with van der Waals surface area (Å²) in [6.07, 6.45) is 0. The molecule has 0 aliphatic carbocycles. The number of carbonyl (C=O) groups excluding carboxylic acids is 1. The lowest BCUT2D eigenvalue weighted by atomic mass is 10.3. The minimum Gasteiger partial charge on any atom is -0.378 e. The average molecular weight is 454 g/mol. The van der Waals surface area contributed by atoms with E-state index < -0.39 is 0 Å². The number of benzene rings is 1. The Hall–Kier alpha value is -3.08. The zero-order valence-electron chi connectivity index (χ0n) is 16.5. The van der Waals surface area contributed by atoms with E-state index in [-0.39, 0.29) is 18.0 Å². The number of thiazole rings is 1. The summed E-state index contributed by atoms with van der Waals surface area (Å²) in [6.45, 7) is 2.54. The molecule has 10 heteroatoms. The molecule has 4 heterocycles. The molecule has 4 aromatic rings. The molecule has 0 unspecified atom stereocenters. The topological polar surface area (TPSA) is 89.3 Å². The molecule has 3 aromatic heterocycles. The van der Waals surface area contributed by atoms with Crippen LogP contribution in [0.25, 0.3) is 20.8 Å². The van der Waals surface area contributed by atoms with Gasteiger partial charge in [0.1, 0.15) is 12.2 Å². The minimum absolute atomic E-state index is 0.188. The summed E-state index contributed by atoms with van der Waals surface area (Å²) in [5.74, 6) is -0.319. The Morgan fingerprint density at radius 3 is 2.68 bits per heavy atom. The number of nitrogens with zero attached hydrogens (tertiary/aromatic N) is 4. The Balaban J connectivity index is 1.54. The molecule has 1 amide bonds. The van der Waals surface area contributed by atoms with Crippen LogP contribution in [0.4, 0.5) is 10.8 Å². The first-order valence-corrected chi connectivity index (χ1v) is 11.5.